The van der Waals surface area contributed by atoms with Gasteiger partial charge in [0.15, 0.2) is 0 Å². The third-order valence-corrected chi connectivity index (χ3v) is 3.31. The summed E-state index contributed by atoms with van der Waals surface area (Å²) >= 11 is 0. The van der Waals surface area contributed by atoms with Crippen LogP contribution >= 0.6 is 0 Å². The zero-order chi connectivity index (χ0) is 14.2. The molecule has 1 aromatic carbocycles. The first-order chi connectivity index (χ1) is 9.81. The molecule has 1 heterocycles. The Hall–Kier alpha value is -1.99. The fourth-order valence-corrected chi connectivity index (χ4v) is 2.31. The van der Waals surface area contributed by atoms with Crippen LogP contribution in [0.1, 0.15) is 18.4 Å². The molecule has 0 aromatic heterocycles. The first-order valence-electron chi connectivity index (χ1n) is 6.80. The second kappa shape index (κ2) is 7.56. The van der Waals surface area contributed by atoms with Crippen LogP contribution in [0.25, 0.3) is 0 Å². The third-order valence-electron chi connectivity index (χ3n) is 3.31. The second-order valence-corrected chi connectivity index (χ2v) is 4.75. The topological polar surface area (TPSA) is 38.8 Å². The summed E-state index contributed by atoms with van der Waals surface area (Å²) in [5.41, 5.74) is 0.986. The summed E-state index contributed by atoms with van der Waals surface area (Å²) < 4.78 is 10.7. The molecule has 0 bridgehead atoms. The number of benzene rings is 1. The average Bonchev–Trinajstić information content (AvgIpc) is 2.95. The minimum atomic E-state index is -0.277. The molecule has 2 rings (SSSR count). The number of carbonyl (C=O) groups excluding carboxylic acids is 1. The van der Waals surface area contributed by atoms with Gasteiger partial charge in [0.1, 0.15) is 13.2 Å². The molecule has 1 amide bonds. The first-order valence-corrected chi connectivity index (χ1v) is 6.80. The molecule has 1 fully saturated rings. The molecule has 1 saturated heterocycles. The highest BCUT2D eigenvalue weighted by molar-refractivity contribution is 5.68. The van der Waals surface area contributed by atoms with Crippen molar-refractivity contribution in [1.29, 1.82) is 0 Å². The summed E-state index contributed by atoms with van der Waals surface area (Å²) in [5, 5.41) is 0. The van der Waals surface area contributed by atoms with Crippen molar-refractivity contribution in [2.45, 2.75) is 25.5 Å². The van der Waals surface area contributed by atoms with Gasteiger partial charge in [-0.05, 0) is 18.4 Å². The van der Waals surface area contributed by atoms with E-state index in [2.05, 4.69) is 5.92 Å². The Morgan fingerprint density at radius 2 is 2.20 bits per heavy atom. The van der Waals surface area contributed by atoms with Crippen molar-refractivity contribution in [3.63, 3.8) is 0 Å². The summed E-state index contributed by atoms with van der Waals surface area (Å²) in [4.78, 5) is 13.8. The van der Waals surface area contributed by atoms with E-state index in [-0.39, 0.29) is 18.7 Å². The van der Waals surface area contributed by atoms with Gasteiger partial charge >= 0.3 is 6.09 Å². The summed E-state index contributed by atoms with van der Waals surface area (Å²) in [5.74, 6) is 2.43. The van der Waals surface area contributed by atoms with E-state index in [9.17, 15) is 4.79 Å². The maximum atomic E-state index is 12.1. The van der Waals surface area contributed by atoms with E-state index < -0.39 is 0 Å². The van der Waals surface area contributed by atoms with Gasteiger partial charge in [-0.15, -0.1) is 6.42 Å². The smallest absolute Gasteiger partial charge is 0.410 e. The Bertz CT molecular complexity index is 466. The van der Waals surface area contributed by atoms with Gasteiger partial charge in [-0.2, -0.15) is 0 Å². The third kappa shape index (κ3) is 4.01. The predicted molar refractivity (Wildman–Crippen MR) is 76.0 cm³/mol. The van der Waals surface area contributed by atoms with Crippen molar-refractivity contribution in [2.75, 3.05) is 19.8 Å². The summed E-state index contributed by atoms with van der Waals surface area (Å²) in [7, 11) is 0. The van der Waals surface area contributed by atoms with Crippen molar-refractivity contribution < 1.29 is 14.3 Å². The zero-order valence-electron chi connectivity index (χ0n) is 11.5. The number of likely N-dealkylation sites (tertiary alicyclic amines) is 1. The highest BCUT2D eigenvalue weighted by atomic mass is 16.6. The van der Waals surface area contributed by atoms with Crippen LogP contribution in [0.5, 0.6) is 0 Å². The molecular weight excluding hydrogens is 254 g/mol. The molecule has 4 heteroatoms. The van der Waals surface area contributed by atoms with Crippen molar-refractivity contribution in [3.8, 4) is 12.3 Å². The molecule has 0 spiro atoms. The van der Waals surface area contributed by atoms with Crippen molar-refractivity contribution in [3.05, 3.63) is 35.9 Å². The normalized spacial score (nSPS) is 17.8. The molecule has 0 radical (unpaired) electrons. The van der Waals surface area contributed by atoms with Crippen LogP contribution in [-0.2, 0) is 16.1 Å². The lowest BCUT2D eigenvalue weighted by atomic mass is 10.2. The maximum Gasteiger partial charge on any atom is 0.410 e. The van der Waals surface area contributed by atoms with E-state index in [0.29, 0.717) is 13.2 Å². The van der Waals surface area contributed by atoms with Crippen LogP contribution in [-0.4, -0.2) is 36.8 Å². The molecule has 1 aliphatic rings. The monoisotopic (exact) mass is 273 g/mol. The van der Waals surface area contributed by atoms with Crippen LogP contribution < -0.4 is 0 Å². The Kier molecular flexibility index (Phi) is 5.45. The lowest BCUT2D eigenvalue weighted by Gasteiger charge is -2.23. The molecule has 4 nitrogen and oxygen atoms in total. The molecule has 20 heavy (non-hydrogen) atoms. The summed E-state index contributed by atoms with van der Waals surface area (Å²) in [6.07, 6.45) is 6.77. The van der Waals surface area contributed by atoms with Crippen LogP contribution in [0, 0.1) is 12.3 Å². The van der Waals surface area contributed by atoms with Gasteiger partial charge in [0.2, 0.25) is 0 Å². The number of amides is 1. The Morgan fingerprint density at radius 3 is 2.95 bits per heavy atom. The van der Waals surface area contributed by atoms with E-state index in [0.717, 1.165) is 24.9 Å². The first kappa shape index (κ1) is 14.4. The molecule has 1 aliphatic heterocycles. The van der Waals surface area contributed by atoms with Gasteiger partial charge in [0.05, 0.1) is 12.6 Å². The number of carbonyl (C=O) groups is 1. The molecule has 1 atom stereocenters. The van der Waals surface area contributed by atoms with Crippen molar-refractivity contribution >= 4 is 6.09 Å². The number of ether oxygens (including phenoxy) is 2. The molecule has 0 unspecified atom stereocenters. The highest BCUT2D eigenvalue weighted by Gasteiger charge is 2.29. The number of hydrogen-bond acceptors (Lipinski definition) is 3. The Labute approximate surface area is 119 Å². The lowest BCUT2D eigenvalue weighted by Crippen LogP contribution is -2.38. The van der Waals surface area contributed by atoms with E-state index in [1.807, 2.05) is 30.3 Å². The van der Waals surface area contributed by atoms with Crippen LogP contribution in [0.4, 0.5) is 4.79 Å². The van der Waals surface area contributed by atoms with Gasteiger partial charge in [0, 0.05) is 6.54 Å². The zero-order valence-corrected chi connectivity index (χ0v) is 11.5. The van der Waals surface area contributed by atoms with Gasteiger partial charge in [0.25, 0.3) is 0 Å². The molecule has 0 aliphatic carbocycles. The van der Waals surface area contributed by atoms with Gasteiger partial charge in [-0.25, -0.2) is 4.79 Å². The van der Waals surface area contributed by atoms with Crippen molar-refractivity contribution in [2.24, 2.45) is 0 Å². The Balaban J connectivity index is 1.80. The van der Waals surface area contributed by atoms with Gasteiger partial charge in [-0.3, -0.25) is 0 Å². The van der Waals surface area contributed by atoms with Crippen LogP contribution in [0.15, 0.2) is 30.3 Å². The van der Waals surface area contributed by atoms with Crippen LogP contribution in [0.3, 0.4) is 0 Å². The minimum Gasteiger partial charge on any atom is -0.445 e. The predicted octanol–water partition coefficient (Wildman–Crippen LogP) is 2.44. The SMILES string of the molecule is C#CCOC[C@@H]1CCCN1C(=O)OCc1ccccc1. The maximum absolute atomic E-state index is 12.1. The number of nitrogens with zero attached hydrogens (tertiary/aromatic N) is 1. The van der Waals surface area contributed by atoms with Crippen molar-refractivity contribution in [1.82, 2.24) is 4.90 Å². The van der Waals surface area contributed by atoms with E-state index in [1.54, 1.807) is 4.90 Å². The minimum absolute atomic E-state index is 0.0756. The van der Waals surface area contributed by atoms with Gasteiger partial charge in [-0.1, -0.05) is 36.3 Å². The van der Waals surface area contributed by atoms with Crippen LogP contribution in [0.2, 0.25) is 0 Å². The van der Waals surface area contributed by atoms with E-state index in [1.165, 1.54) is 0 Å². The molecule has 0 N–H and O–H groups in total. The fraction of sp³-hybridized carbons (Fsp3) is 0.438. The molecular formula is C16H19NO3. The summed E-state index contributed by atoms with van der Waals surface area (Å²) in [6.45, 7) is 1.78. The van der Waals surface area contributed by atoms with E-state index in [4.69, 9.17) is 15.9 Å². The average molecular weight is 273 g/mol. The van der Waals surface area contributed by atoms with E-state index >= 15 is 0 Å². The molecule has 0 saturated carbocycles. The number of terminal acetylenes is 1. The van der Waals surface area contributed by atoms with Gasteiger partial charge < -0.3 is 14.4 Å². The Morgan fingerprint density at radius 1 is 1.40 bits per heavy atom. The quantitative estimate of drug-likeness (QED) is 0.611. The lowest BCUT2D eigenvalue weighted by molar-refractivity contribution is 0.0639. The number of hydrogen-bond donors (Lipinski definition) is 0. The second-order valence-electron chi connectivity index (χ2n) is 4.75. The standard InChI is InChI=1S/C16H19NO3/c1-2-11-19-13-15-9-6-10-17(15)16(18)20-12-14-7-4-3-5-8-14/h1,3-5,7-8,15H,6,9-13H2/t15-/m0/s1. The molecule has 1 aromatic rings. The fourth-order valence-electron chi connectivity index (χ4n) is 2.31. The largest absolute Gasteiger partial charge is 0.445 e. The molecule has 106 valence electrons. The number of rotatable bonds is 5. The highest BCUT2D eigenvalue weighted by Crippen LogP contribution is 2.19. The summed E-state index contributed by atoms with van der Waals surface area (Å²) in [6, 6.07) is 9.73.